The van der Waals surface area contributed by atoms with Crippen LogP contribution in [0.25, 0.3) is 0 Å². The molecule has 1 atom stereocenters. The molecule has 1 aromatic carbocycles. The van der Waals surface area contributed by atoms with E-state index in [0.717, 1.165) is 48.4 Å². The third-order valence-corrected chi connectivity index (χ3v) is 5.30. The van der Waals surface area contributed by atoms with Gasteiger partial charge in [-0.1, -0.05) is 23.4 Å². The number of benzene rings is 1. The van der Waals surface area contributed by atoms with Gasteiger partial charge in [0.15, 0.2) is 0 Å². The van der Waals surface area contributed by atoms with E-state index in [4.69, 9.17) is 4.52 Å². The maximum absolute atomic E-state index is 13.1. The Morgan fingerprint density at radius 3 is 2.92 bits per heavy atom. The number of aromatic nitrogens is 1. The molecule has 3 heterocycles. The Morgan fingerprint density at radius 2 is 2.12 bits per heavy atom. The van der Waals surface area contributed by atoms with Crippen molar-refractivity contribution in [2.24, 2.45) is 0 Å². The van der Waals surface area contributed by atoms with Crippen molar-refractivity contribution in [2.75, 3.05) is 18.0 Å². The Labute approximate surface area is 152 Å². The lowest BCUT2D eigenvalue weighted by atomic mass is 9.98. The molecule has 0 saturated carbocycles. The van der Waals surface area contributed by atoms with E-state index in [-0.39, 0.29) is 24.4 Å². The van der Waals surface area contributed by atoms with Crippen molar-refractivity contribution in [3.8, 4) is 0 Å². The highest BCUT2D eigenvalue weighted by Gasteiger charge is 2.33. The number of likely N-dealkylation sites (tertiary alicyclic amines) is 1. The van der Waals surface area contributed by atoms with Gasteiger partial charge < -0.3 is 14.3 Å². The number of hydrogen-bond acceptors (Lipinski definition) is 4. The number of piperidine rings is 1. The molecule has 136 valence electrons. The smallest absolute Gasteiger partial charge is 0.243 e. The Kier molecular flexibility index (Phi) is 4.49. The van der Waals surface area contributed by atoms with Crippen molar-refractivity contribution in [2.45, 2.75) is 45.1 Å². The zero-order valence-corrected chi connectivity index (χ0v) is 15.0. The summed E-state index contributed by atoms with van der Waals surface area (Å²) in [4.78, 5) is 29.0. The van der Waals surface area contributed by atoms with E-state index >= 15 is 0 Å². The predicted molar refractivity (Wildman–Crippen MR) is 96.7 cm³/mol. The van der Waals surface area contributed by atoms with Gasteiger partial charge >= 0.3 is 0 Å². The largest absolute Gasteiger partial charge is 0.361 e. The zero-order chi connectivity index (χ0) is 18.1. The first kappa shape index (κ1) is 16.8. The molecule has 0 radical (unpaired) electrons. The third-order valence-electron chi connectivity index (χ3n) is 5.30. The molecule has 1 unspecified atom stereocenters. The van der Waals surface area contributed by atoms with Crippen LogP contribution in [-0.2, 0) is 16.0 Å². The van der Waals surface area contributed by atoms with Crippen molar-refractivity contribution >= 4 is 17.5 Å². The fraction of sp³-hybridized carbons (Fsp3) is 0.450. The molecule has 0 N–H and O–H groups in total. The highest BCUT2D eigenvalue weighted by Crippen LogP contribution is 2.32. The maximum Gasteiger partial charge on any atom is 0.243 e. The summed E-state index contributed by atoms with van der Waals surface area (Å²) in [7, 11) is 0. The number of hydrogen-bond donors (Lipinski definition) is 0. The highest BCUT2D eigenvalue weighted by molar-refractivity contribution is 6.01. The average molecular weight is 353 g/mol. The van der Waals surface area contributed by atoms with Crippen LogP contribution in [0.2, 0.25) is 0 Å². The topological polar surface area (TPSA) is 66.7 Å². The second-order valence-electron chi connectivity index (χ2n) is 7.07. The second-order valence-corrected chi connectivity index (χ2v) is 7.07. The van der Waals surface area contributed by atoms with E-state index < -0.39 is 0 Å². The van der Waals surface area contributed by atoms with Crippen LogP contribution in [-0.4, -0.2) is 35.0 Å². The van der Waals surface area contributed by atoms with Gasteiger partial charge in [0.2, 0.25) is 11.8 Å². The fourth-order valence-electron chi connectivity index (χ4n) is 3.98. The Bertz CT molecular complexity index is 829. The number of para-hydroxylation sites is 1. The number of fused-ring (bicyclic) bond motifs is 1. The second kappa shape index (κ2) is 6.94. The summed E-state index contributed by atoms with van der Waals surface area (Å²) < 4.78 is 5.21. The molecule has 0 bridgehead atoms. The maximum atomic E-state index is 13.1. The Balaban J connectivity index is 1.56. The molecule has 2 amide bonds. The number of carbonyl (C=O) groups excluding carboxylic acids is 2. The Morgan fingerprint density at radius 1 is 1.27 bits per heavy atom. The van der Waals surface area contributed by atoms with Gasteiger partial charge in [-0.2, -0.15) is 0 Å². The minimum Gasteiger partial charge on any atom is -0.361 e. The quantitative estimate of drug-likeness (QED) is 0.851. The molecule has 0 aliphatic carbocycles. The van der Waals surface area contributed by atoms with Gasteiger partial charge in [-0.25, -0.2) is 0 Å². The van der Waals surface area contributed by atoms with E-state index in [1.807, 2.05) is 42.2 Å². The van der Waals surface area contributed by atoms with Crippen molar-refractivity contribution in [1.82, 2.24) is 10.1 Å². The number of nitrogens with zero attached hydrogens (tertiary/aromatic N) is 3. The number of rotatable bonds is 3. The number of amides is 2. The SMILES string of the molecule is Cc1cc(C2CCCCN2C(=O)CN2C(=O)CCc3ccccc32)no1. The lowest BCUT2D eigenvalue weighted by molar-refractivity contribution is -0.135. The van der Waals surface area contributed by atoms with E-state index in [0.29, 0.717) is 13.0 Å². The van der Waals surface area contributed by atoms with Crippen LogP contribution >= 0.6 is 0 Å². The van der Waals surface area contributed by atoms with Gasteiger partial charge in [0, 0.05) is 24.7 Å². The minimum absolute atomic E-state index is 0.0166. The van der Waals surface area contributed by atoms with Crippen LogP contribution in [0.4, 0.5) is 5.69 Å². The fourth-order valence-corrected chi connectivity index (χ4v) is 3.98. The van der Waals surface area contributed by atoms with Crippen LogP contribution in [0.5, 0.6) is 0 Å². The zero-order valence-electron chi connectivity index (χ0n) is 15.0. The molecule has 2 aliphatic rings. The monoisotopic (exact) mass is 353 g/mol. The molecule has 1 fully saturated rings. The summed E-state index contributed by atoms with van der Waals surface area (Å²) in [5, 5.41) is 4.12. The van der Waals surface area contributed by atoms with E-state index in [1.54, 1.807) is 4.90 Å². The molecule has 26 heavy (non-hydrogen) atoms. The first-order valence-corrected chi connectivity index (χ1v) is 9.24. The van der Waals surface area contributed by atoms with Gasteiger partial charge in [0.25, 0.3) is 0 Å². The van der Waals surface area contributed by atoms with Gasteiger partial charge in [-0.3, -0.25) is 9.59 Å². The third kappa shape index (κ3) is 3.11. The van der Waals surface area contributed by atoms with Crippen molar-refractivity contribution in [1.29, 1.82) is 0 Å². The molecule has 1 aromatic heterocycles. The van der Waals surface area contributed by atoms with Crippen LogP contribution in [0.3, 0.4) is 0 Å². The van der Waals surface area contributed by atoms with Crippen LogP contribution in [0.1, 0.15) is 48.7 Å². The van der Waals surface area contributed by atoms with Crippen molar-refractivity contribution in [3.63, 3.8) is 0 Å². The number of aryl methyl sites for hydroxylation is 2. The van der Waals surface area contributed by atoms with Crippen LogP contribution < -0.4 is 4.90 Å². The van der Waals surface area contributed by atoms with Crippen LogP contribution in [0.15, 0.2) is 34.9 Å². The number of anilines is 1. The molecule has 6 nitrogen and oxygen atoms in total. The molecule has 6 heteroatoms. The molecular formula is C20H23N3O3. The minimum atomic E-state index is -0.0659. The summed E-state index contributed by atoms with van der Waals surface area (Å²) in [6.07, 6.45) is 4.11. The van der Waals surface area contributed by atoms with Crippen LogP contribution in [0, 0.1) is 6.92 Å². The summed E-state index contributed by atoms with van der Waals surface area (Å²) in [6, 6.07) is 9.68. The molecule has 4 rings (SSSR count). The van der Waals surface area contributed by atoms with Gasteiger partial charge in [-0.05, 0) is 44.2 Å². The molecule has 2 aliphatic heterocycles. The van der Waals surface area contributed by atoms with E-state index in [2.05, 4.69) is 5.16 Å². The summed E-state index contributed by atoms with van der Waals surface area (Å²) in [5.74, 6) is 0.737. The predicted octanol–water partition coefficient (Wildman–Crippen LogP) is 3.02. The lowest BCUT2D eigenvalue weighted by Crippen LogP contribution is -2.47. The average Bonchev–Trinajstić information content (AvgIpc) is 3.10. The standard InChI is InChI=1S/C20H23N3O3/c1-14-12-16(21-26-14)18-8-4-5-11-22(18)20(25)13-23-17-7-3-2-6-15(17)9-10-19(23)24/h2-3,6-7,12,18H,4-5,8-11,13H2,1H3. The van der Waals surface area contributed by atoms with Gasteiger partial charge in [-0.15, -0.1) is 0 Å². The summed E-state index contributed by atoms with van der Waals surface area (Å²) >= 11 is 0. The molecule has 1 saturated heterocycles. The molecule has 2 aromatic rings. The normalized spacial score (nSPS) is 20.2. The first-order valence-electron chi connectivity index (χ1n) is 9.24. The van der Waals surface area contributed by atoms with Gasteiger partial charge in [0.1, 0.15) is 18.0 Å². The summed E-state index contributed by atoms with van der Waals surface area (Å²) in [5.41, 5.74) is 2.80. The molecular weight excluding hydrogens is 330 g/mol. The van der Waals surface area contributed by atoms with Crippen molar-refractivity contribution < 1.29 is 14.1 Å². The lowest BCUT2D eigenvalue weighted by Gasteiger charge is -2.37. The van der Waals surface area contributed by atoms with E-state index in [9.17, 15) is 9.59 Å². The number of carbonyl (C=O) groups is 2. The molecule has 0 spiro atoms. The Hall–Kier alpha value is -2.63. The van der Waals surface area contributed by atoms with Crippen molar-refractivity contribution in [3.05, 3.63) is 47.3 Å². The first-order chi connectivity index (χ1) is 12.6. The highest BCUT2D eigenvalue weighted by atomic mass is 16.5. The van der Waals surface area contributed by atoms with Gasteiger partial charge in [0.05, 0.1) is 6.04 Å². The summed E-state index contributed by atoms with van der Waals surface area (Å²) in [6.45, 7) is 2.64. The van der Waals surface area contributed by atoms with E-state index in [1.165, 1.54) is 0 Å².